The number of urea groups is 1. The van der Waals surface area contributed by atoms with E-state index in [1.165, 1.54) is 23.5 Å². The van der Waals surface area contributed by atoms with Crippen molar-refractivity contribution in [2.45, 2.75) is 25.4 Å². The molecule has 4 aromatic rings. The van der Waals surface area contributed by atoms with E-state index in [2.05, 4.69) is 26.6 Å². The summed E-state index contributed by atoms with van der Waals surface area (Å²) in [5, 5.41) is 5.46. The molecule has 45 heavy (non-hydrogen) atoms. The lowest BCUT2D eigenvalue weighted by Gasteiger charge is -2.34. The van der Waals surface area contributed by atoms with Crippen LogP contribution in [0.2, 0.25) is 0 Å². The number of aromatic nitrogens is 2. The lowest BCUT2D eigenvalue weighted by molar-refractivity contribution is -0.138. The summed E-state index contributed by atoms with van der Waals surface area (Å²) in [7, 11) is 1.60. The molecule has 4 heterocycles. The quantitative estimate of drug-likeness (QED) is 0.212. The molecule has 1 aromatic carbocycles. The number of nitrogens with one attached hydrogen (secondary N) is 2. The van der Waals surface area contributed by atoms with Crippen molar-refractivity contribution in [1.82, 2.24) is 25.1 Å². The number of anilines is 1. The largest absolute Gasteiger partial charge is 0.453 e. The lowest BCUT2D eigenvalue weighted by atomic mass is 10.2. The van der Waals surface area contributed by atoms with Crippen LogP contribution in [0.4, 0.5) is 14.9 Å². The molecule has 236 valence electrons. The normalized spacial score (nSPS) is 15.3. The molecule has 1 saturated heterocycles. The van der Waals surface area contributed by atoms with Crippen molar-refractivity contribution in [1.29, 1.82) is 0 Å². The third-order valence-electron chi connectivity index (χ3n) is 7.56. The Morgan fingerprint density at radius 1 is 1.02 bits per heavy atom. The molecule has 1 aliphatic heterocycles. The van der Waals surface area contributed by atoms with Crippen molar-refractivity contribution in [3.63, 3.8) is 0 Å². The smallest absolute Gasteiger partial charge is 0.319 e. The molecule has 6 rings (SSSR count). The third-order valence-corrected chi connectivity index (χ3v) is 8.73. The van der Waals surface area contributed by atoms with Crippen molar-refractivity contribution >= 4 is 39.2 Å². The standard InChI is InChI=1S/C32H35FN6O5S/c1-42-14-15-43-20-30(40)39-12-10-38(11-13-39)19-21-2-6-25(35-18-21)29-17-26-31(45-29)28(8-9-34-26)44-27-7-5-23(16-24(27)33)37-32(41)36-22-3-4-22/h2,5-9,16-18,22H,3-4,10-15,19-20H2,1H3,(H2,36,37,41). The number of nitrogens with zero attached hydrogens (tertiary/aromatic N) is 4. The zero-order chi connectivity index (χ0) is 31.2. The Hall–Kier alpha value is -4.17. The second kappa shape index (κ2) is 14.3. The molecule has 1 aliphatic carbocycles. The van der Waals surface area contributed by atoms with E-state index in [-0.39, 0.29) is 30.3 Å². The van der Waals surface area contributed by atoms with Crippen LogP contribution in [0.15, 0.2) is 54.9 Å². The van der Waals surface area contributed by atoms with E-state index in [1.807, 2.05) is 23.2 Å². The number of benzene rings is 1. The number of carbonyl (C=O) groups excluding carboxylic acids is 2. The third kappa shape index (κ3) is 8.11. The summed E-state index contributed by atoms with van der Waals surface area (Å²) < 4.78 is 32.0. The van der Waals surface area contributed by atoms with E-state index in [0.717, 1.165) is 58.8 Å². The summed E-state index contributed by atoms with van der Waals surface area (Å²) in [5.41, 5.74) is 2.97. The minimum atomic E-state index is -0.585. The molecule has 13 heteroatoms. The van der Waals surface area contributed by atoms with Gasteiger partial charge in [0.2, 0.25) is 5.91 Å². The van der Waals surface area contributed by atoms with Gasteiger partial charge in [-0.3, -0.25) is 19.7 Å². The highest BCUT2D eigenvalue weighted by molar-refractivity contribution is 7.22. The number of amides is 3. The number of fused-ring (bicyclic) bond motifs is 1. The number of methoxy groups -OCH3 is 1. The zero-order valence-electron chi connectivity index (χ0n) is 25.0. The van der Waals surface area contributed by atoms with Gasteiger partial charge in [0.05, 0.1) is 34.0 Å². The average Bonchev–Trinajstić information content (AvgIpc) is 3.74. The summed E-state index contributed by atoms with van der Waals surface area (Å²) in [4.78, 5) is 38.6. The Bertz CT molecular complexity index is 1640. The maximum Gasteiger partial charge on any atom is 0.319 e. The predicted octanol–water partition coefficient (Wildman–Crippen LogP) is 4.88. The molecule has 0 atom stereocenters. The summed E-state index contributed by atoms with van der Waals surface area (Å²) >= 11 is 1.48. The van der Waals surface area contributed by atoms with Gasteiger partial charge in [0, 0.05) is 76.1 Å². The summed E-state index contributed by atoms with van der Waals surface area (Å²) in [6.45, 7) is 4.61. The van der Waals surface area contributed by atoms with Gasteiger partial charge < -0.3 is 29.7 Å². The second-order valence-corrected chi connectivity index (χ2v) is 12.1. The number of ether oxygens (including phenoxy) is 3. The number of pyridine rings is 2. The first kappa shape index (κ1) is 30.8. The van der Waals surface area contributed by atoms with Crippen LogP contribution in [-0.2, 0) is 20.8 Å². The highest BCUT2D eigenvalue weighted by Crippen LogP contribution is 2.39. The van der Waals surface area contributed by atoms with Crippen LogP contribution in [0, 0.1) is 5.82 Å². The summed E-state index contributed by atoms with van der Waals surface area (Å²) in [6, 6.07) is 11.9. The average molecular weight is 635 g/mol. The molecule has 3 amide bonds. The molecule has 2 aliphatic rings. The van der Waals surface area contributed by atoms with Gasteiger partial charge in [-0.25, -0.2) is 9.18 Å². The van der Waals surface area contributed by atoms with E-state index >= 15 is 0 Å². The van der Waals surface area contributed by atoms with Gasteiger partial charge in [-0.1, -0.05) is 6.07 Å². The van der Waals surface area contributed by atoms with E-state index in [9.17, 15) is 14.0 Å². The molecular formula is C32H35FN6O5S. The second-order valence-electron chi connectivity index (χ2n) is 11.0. The molecule has 2 N–H and O–H groups in total. The Morgan fingerprint density at radius 3 is 2.60 bits per heavy atom. The highest BCUT2D eigenvalue weighted by atomic mass is 32.1. The summed E-state index contributed by atoms with van der Waals surface area (Å²) in [6.07, 6.45) is 5.44. The van der Waals surface area contributed by atoms with E-state index in [0.29, 0.717) is 37.7 Å². The fourth-order valence-electron chi connectivity index (χ4n) is 4.95. The molecule has 0 bridgehead atoms. The highest BCUT2D eigenvalue weighted by Gasteiger charge is 2.24. The van der Waals surface area contributed by atoms with Crippen molar-refractivity contribution in [2.24, 2.45) is 0 Å². The van der Waals surface area contributed by atoms with Crippen molar-refractivity contribution in [3.05, 3.63) is 66.2 Å². The van der Waals surface area contributed by atoms with Crippen molar-refractivity contribution < 1.29 is 28.2 Å². The van der Waals surface area contributed by atoms with Gasteiger partial charge in [-0.15, -0.1) is 11.3 Å². The maximum atomic E-state index is 14.9. The topological polar surface area (TPSA) is 118 Å². The molecule has 0 unspecified atom stereocenters. The number of hydrogen-bond donors (Lipinski definition) is 2. The van der Waals surface area contributed by atoms with Gasteiger partial charge >= 0.3 is 6.03 Å². The summed E-state index contributed by atoms with van der Waals surface area (Å²) in [5.74, 6) is -0.0432. The number of thiophene rings is 1. The van der Waals surface area contributed by atoms with Gasteiger partial charge in [-0.2, -0.15) is 0 Å². The molecule has 2 fully saturated rings. The van der Waals surface area contributed by atoms with Crippen LogP contribution < -0.4 is 15.4 Å². The number of halogens is 1. The SMILES string of the molecule is COCCOCC(=O)N1CCN(Cc2ccc(-c3cc4nccc(Oc5ccc(NC(=O)NC6CC6)cc5F)c4s3)nc2)CC1. The van der Waals surface area contributed by atoms with Crippen LogP contribution in [0.3, 0.4) is 0 Å². The van der Waals surface area contributed by atoms with Crippen LogP contribution in [0.1, 0.15) is 18.4 Å². The van der Waals surface area contributed by atoms with Crippen LogP contribution in [0.5, 0.6) is 11.5 Å². The first-order valence-corrected chi connectivity index (χ1v) is 15.7. The van der Waals surface area contributed by atoms with E-state index < -0.39 is 5.82 Å². The minimum absolute atomic E-state index is 0.00773. The van der Waals surface area contributed by atoms with Crippen molar-refractivity contribution in [2.75, 3.05) is 58.4 Å². The Balaban J connectivity index is 1.05. The van der Waals surface area contributed by atoms with Gasteiger partial charge in [-0.05, 0) is 42.7 Å². The first-order valence-electron chi connectivity index (χ1n) is 14.9. The monoisotopic (exact) mass is 634 g/mol. The van der Waals surface area contributed by atoms with Crippen LogP contribution in [0.25, 0.3) is 20.8 Å². The number of piperazine rings is 1. The predicted molar refractivity (Wildman–Crippen MR) is 169 cm³/mol. The fourth-order valence-corrected chi connectivity index (χ4v) is 5.99. The first-order chi connectivity index (χ1) is 21.9. The molecule has 0 radical (unpaired) electrons. The fraction of sp³-hybridized carbons (Fsp3) is 0.375. The Kier molecular flexibility index (Phi) is 9.79. The molecule has 3 aromatic heterocycles. The molecular weight excluding hydrogens is 599 g/mol. The van der Waals surface area contributed by atoms with Gasteiger partial charge in [0.1, 0.15) is 12.4 Å². The Morgan fingerprint density at radius 2 is 1.87 bits per heavy atom. The van der Waals surface area contributed by atoms with Crippen molar-refractivity contribution in [3.8, 4) is 22.1 Å². The Labute approximate surface area is 264 Å². The van der Waals surface area contributed by atoms with Crippen LogP contribution >= 0.6 is 11.3 Å². The van der Waals surface area contributed by atoms with Crippen LogP contribution in [-0.4, -0.2) is 90.9 Å². The molecule has 1 saturated carbocycles. The number of carbonyl (C=O) groups is 2. The minimum Gasteiger partial charge on any atom is -0.453 e. The number of hydrogen-bond acceptors (Lipinski definition) is 9. The number of rotatable bonds is 12. The maximum absolute atomic E-state index is 14.9. The molecule has 11 nitrogen and oxygen atoms in total. The van der Waals surface area contributed by atoms with E-state index in [1.54, 1.807) is 25.4 Å². The van der Waals surface area contributed by atoms with Gasteiger partial charge in [0.25, 0.3) is 0 Å². The molecule has 0 spiro atoms. The van der Waals surface area contributed by atoms with E-state index in [4.69, 9.17) is 19.2 Å². The lowest BCUT2D eigenvalue weighted by Crippen LogP contribution is -2.49. The zero-order valence-corrected chi connectivity index (χ0v) is 25.8. The van der Waals surface area contributed by atoms with Gasteiger partial charge in [0.15, 0.2) is 11.6 Å².